The highest BCUT2D eigenvalue weighted by molar-refractivity contribution is 6.05. The second-order valence-corrected chi connectivity index (χ2v) is 5.65. The molecule has 0 bridgehead atoms. The van der Waals surface area contributed by atoms with Crippen molar-refractivity contribution in [3.63, 3.8) is 0 Å². The normalized spacial score (nSPS) is 11.6. The Hall–Kier alpha value is -1.95. The van der Waals surface area contributed by atoms with Crippen molar-refractivity contribution in [2.24, 2.45) is 0 Å². The topological polar surface area (TPSA) is 80.0 Å². The van der Waals surface area contributed by atoms with Gasteiger partial charge >= 0.3 is 0 Å². The lowest BCUT2D eigenvalue weighted by Gasteiger charge is -2.12. The largest absolute Gasteiger partial charge is 0.395 e. The summed E-state index contributed by atoms with van der Waals surface area (Å²) in [5, 5.41) is 16.6. The zero-order valence-electron chi connectivity index (χ0n) is 12.9. The van der Waals surface area contributed by atoms with Gasteiger partial charge in [-0.05, 0) is 25.8 Å². The number of aromatic nitrogens is 3. The highest BCUT2D eigenvalue weighted by atomic mass is 16.3. The summed E-state index contributed by atoms with van der Waals surface area (Å²) in [5.41, 5.74) is 2.15. The van der Waals surface area contributed by atoms with Gasteiger partial charge in [-0.3, -0.25) is 4.79 Å². The number of pyridine rings is 1. The van der Waals surface area contributed by atoms with Crippen molar-refractivity contribution in [3.8, 4) is 0 Å². The molecule has 2 heterocycles. The first-order valence-electron chi connectivity index (χ1n) is 7.23. The molecule has 0 saturated carbocycles. The summed E-state index contributed by atoms with van der Waals surface area (Å²) in [6.45, 7) is 8.29. The highest BCUT2D eigenvalue weighted by Crippen LogP contribution is 2.24. The Labute approximate surface area is 124 Å². The van der Waals surface area contributed by atoms with Crippen LogP contribution >= 0.6 is 0 Å². The third-order valence-corrected chi connectivity index (χ3v) is 3.31. The first-order valence-corrected chi connectivity index (χ1v) is 7.23. The number of carbonyl (C=O) groups is 1. The van der Waals surface area contributed by atoms with Crippen LogP contribution in [0, 0.1) is 0 Å². The SMILES string of the molecule is CC(C)c1cc(C(=O)NCCO)c2cnn(C(C)C)c2n1. The maximum absolute atomic E-state index is 12.3. The molecule has 0 aliphatic rings. The Morgan fingerprint density at radius 3 is 2.67 bits per heavy atom. The van der Waals surface area contributed by atoms with Crippen LogP contribution < -0.4 is 5.32 Å². The van der Waals surface area contributed by atoms with E-state index in [4.69, 9.17) is 5.11 Å². The van der Waals surface area contributed by atoms with E-state index < -0.39 is 0 Å². The van der Waals surface area contributed by atoms with Crippen LogP contribution in [0.15, 0.2) is 12.3 Å². The zero-order chi connectivity index (χ0) is 15.6. The second-order valence-electron chi connectivity index (χ2n) is 5.65. The monoisotopic (exact) mass is 290 g/mol. The van der Waals surface area contributed by atoms with Crippen molar-refractivity contribution < 1.29 is 9.90 Å². The van der Waals surface area contributed by atoms with Gasteiger partial charge in [0, 0.05) is 18.3 Å². The van der Waals surface area contributed by atoms with Crippen LogP contribution in [0.2, 0.25) is 0 Å². The maximum atomic E-state index is 12.3. The van der Waals surface area contributed by atoms with Gasteiger partial charge in [0.05, 0.1) is 23.8 Å². The molecule has 2 N–H and O–H groups in total. The number of amides is 1. The lowest BCUT2D eigenvalue weighted by atomic mass is 10.0. The predicted octanol–water partition coefficient (Wildman–Crippen LogP) is 1.86. The molecule has 0 saturated heterocycles. The standard InChI is InChI=1S/C15H22N4O2/c1-9(2)13-7-11(15(21)16-5-6-20)12-8-17-19(10(3)4)14(12)18-13/h7-10,20H,5-6H2,1-4H3,(H,16,21). The molecule has 21 heavy (non-hydrogen) atoms. The summed E-state index contributed by atoms with van der Waals surface area (Å²) in [7, 11) is 0. The molecule has 1 amide bonds. The Morgan fingerprint density at radius 2 is 2.10 bits per heavy atom. The molecule has 6 heteroatoms. The summed E-state index contributed by atoms with van der Waals surface area (Å²) in [4.78, 5) is 16.9. The van der Waals surface area contributed by atoms with Gasteiger partial charge in [0.2, 0.25) is 0 Å². The van der Waals surface area contributed by atoms with Crippen LogP contribution in [-0.2, 0) is 0 Å². The van der Waals surface area contributed by atoms with Gasteiger partial charge in [-0.25, -0.2) is 9.67 Å². The molecule has 2 aromatic rings. The lowest BCUT2D eigenvalue weighted by molar-refractivity contribution is 0.0946. The van der Waals surface area contributed by atoms with Crippen molar-refractivity contribution >= 4 is 16.9 Å². The first-order chi connectivity index (χ1) is 9.95. The average Bonchev–Trinajstić information content (AvgIpc) is 2.87. The maximum Gasteiger partial charge on any atom is 0.252 e. The van der Waals surface area contributed by atoms with Crippen molar-refractivity contribution in [1.82, 2.24) is 20.1 Å². The van der Waals surface area contributed by atoms with E-state index in [0.717, 1.165) is 16.7 Å². The van der Waals surface area contributed by atoms with E-state index >= 15 is 0 Å². The van der Waals surface area contributed by atoms with Gasteiger partial charge in [-0.1, -0.05) is 13.8 Å². The van der Waals surface area contributed by atoms with Gasteiger partial charge in [0.15, 0.2) is 5.65 Å². The molecule has 6 nitrogen and oxygen atoms in total. The van der Waals surface area contributed by atoms with Crippen LogP contribution in [0.5, 0.6) is 0 Å². The van der Waals surface area contributed by atoms with Crippen molar-refractivity contribution in [1.29, 1.82) is 0 Å². The van der Waals surface area contributed by atoms with Gasteiger partial charge in [-0.2, -0.15) is 5.10 Å². The Balaban J connectivity index is 2.59. The number of nitrogens with one attached hydrogen (secondary N) is 1. The van der Waals surface area contributed by atoms with Crippen LogP contribution in [-0.4, -0.2) is 38.9 Å². The number of carbonyl (C=O) groups excluding carboxylic acids is 1. The quantitative estimate of drug-likeness (QED) is 0.880. The minimum atomic E-state index is -0.207. The fraction of sp³-hybridized carbons (Fsp3) is 0.533. The molecule has 2 aromatic heterocycles. The van der Waals surface area contributed by atoms with Gasteiger partial charge in [0.25, 0.3) is 5.91 Å². The number of hydrogen-bond acceptors (Lipinski definition) is 4. The van der Waals surface area contributed by atoms with Gasteiger partial charge < -0.3 is 10.4 Å². The van der Waals surface area contributed by atoms with Crippen molar-refractivity contribution in [3.05, 3.63) is 23.5 Å². The minimum Gasteiger partial charge on any atom is -0.395 e. The van der Waals surface area contributed by atoms with E-state index in [-0.39, 0.29) is 31.0 Å². The molecule has 0 aromatic carbocycles. The first kappa shape index (κ1) is 15.4. The molecule has 0 aliphatic carbocycles. The fourth-order valence-corrected chi connectivity index (χ4v) is 2.16. The molecule has 0 spiro atoms. The highest BCUT2D eigenvalue weighted by Gasteiger charge is 2.18. The minimum absolute atomic E-state index is 0.0811. The van der Waals surface area contributed by atoms with Gasteiger partial charge in [0.1, 0.15) is 0 Å². The molecule has 0 atom stereocenters. The predicted molar refractivity (Wildman–Crippen MR) is 81.4 cm³/mol. The van der Waals surface area contributed by atoms with Crippen LogP contribution in [0.4, 0.5) is 0 Å². The molecule has 114 valence electrons. The number of aliphatic hydroxyl groups excluding tert-OH is 1. The summed E-state index contributed by atoms with van der Waals surface area (Å²) >= 11 is 0. The third kappa shape index (κ3) is 3.05. The molecular formula is C15H22N4O2. The fourth-order valence-electron chi connectivity index (χ4n) is 2.16. The van der Waals surface area contributed by atoms with Crippen LogP contribution in [0.25, 0.3) is 11.0 Å². The molecule has 0 radical (unpaired) electrons. The molecule has 2 rings (SSSR count). The van der Waals surface area contributed by atoms with E-state index in [2.05, 4.69) is 15.4 Å². The van der Waals surface area contributed by atoms with E-state index in [1.54, 1.807) is 6.20 Å². The van der Waals surface area contributed by atoms with Crippen molar-refractivity contribution in [2.75, 3.05) is 13.2 Å². The van der Waals surface area contributed by atoms with E-state index in [9.17, 15) is 4.79 Å². The van der Waals surface area contributed by atoms with E-state index in [1.807, 2.05) is 38.4 Å². The number of nitrogens with zero attached hydrogens (tertiary/aromatic N) is 3. The smallest absolute Gasteiger partial charge is 0.252 e. The molecule has 0 fully saturated rings. The number of fused-ring (bicyclic) bond motifs is 1. The Kier molecular flexibility index (Phi) is 4.57. The molecular weight excluding hydrogens is 268 g/mol. The number of aliphatic hydroxyl groups is 1. The van der Waals surface area contributed by atoms with Crippen LogP contribution in [0.3, 0.4) is 0 Å². The number of rotatable bonds is 5. The van der Waals surface area contributed by atoms with E-state index in [0.29, 0.717) is 5.56 Å². The van der Waals surface area contributed by atoms with Crippen molar-refractivity contribution in [2.45, 2.75) is 39.7 Å². The average molecular weight is 290 g/mol. The summed E-state index contributed by atoms with van der Waals surface area (Å²) in [6, 6.07) is 1.98. The van der Waals surface area contributed by atoms with Gasteiger partial charge in [-0.15, -0.1) is 0 Å². The Morgan fingerprint density at radius 1 is 1.38 bits per heavy atom. The molecule has 0 aliphatic heterocycles. The van der Waals surface area contributed by atoms with E-state index in [1.165, 1.54) is 0 Å². The third-order valence-electron chi connectivity index (χ3n) is 3.31. The van der Waals surface area contributed by atoms with Crippen LogP contribution in [0.1, 0.15) is 55.7 Å². The lowest BCUT2D eigenvalue weighted by Crippen LogP contribution is -2.26. The summed E-state index contributed by atoms with van der Waals surface area (Å²) in [5.74, 6) is 0.0101. The number of hydrogen-bond donors (Lipinski definition) is 2. The summed E-state index contributed by atoms with van der Waals surface area (Å²) < 4.78 is 1.82. The second kappa shape index (κ2) is 6.22. The Bertz CT molecular complexity index is 646. The zero-order valence-corrected chi connectivity index (χ0v) is 12.9. The summed E-state index contributed by atoms with van der Waals surface area (Å²) in [6.07, 6.45) is 1.68. The molecule has 0 unspecified atom stereocenters.